The first-order chi connectivity index (χ1) is 8.54. The largest absolute Gasteiger partial charge is 0.478 e. The van der Waals surface area contributed by atoms with E-state index in [-0.39, 0.29) is 18.5 Å². The predicted molar refractivity (Wildman–Crippen MR) is 65.8 cm³/mol. The molecule has 0 aliphatic rings. The van der Waals surface area contributed by atoms with Crippen molar-refractivity contribution < 1.29 is 19.1 Å². The molecule has 0 unspecified atom stereocenters. The van der Waals surface area contributed by atoms with Crippen molar-refractivity contribution in [3.05, 3.63) is 29.3 Å². The van der Waals surface area contributed by atoms with E-state index in [0.717, 1.165) is 0 Å². The van der Waals surface area contributed by atoms with E-state index in [1.165, 1.54) is 18.2 Å². The van der Waals surface area contributed by atoms with Crippen LogP contribution in [0.3, 0.4) is 0 Å². The third kappa shape index (κ3) is 4.04. The third-order valence-electron chi connectivity index (χ3n) is 2.32. The Bertz CT molecular complexity index is 449. The number of urea groups is 1. The Kier molecular flexibility index (Phi) is 5.10. The van der Waals surface area contributed by atoms with Crippen LogP contribution in [0.5, 0.6) is 0 Å². The Morgan fingerprint density at radius 3 is 2.67 bits per heavy atom. The summed E-state index contributed by atoms with van der Waals surface area (Å²) >= 11 is 0. The molecule has 0 bridgehead atoms. The van der Waals surface area contributed by atoms with Crippen LogP contribution in [0.1, 0.15) is 22.3 Å². The van der Waals surface area contributed by atoms with Crippen molar-refractivity contribution in [1.29, 1.82) is 0 Å². The molecule has 0 saturated heterocycles. The summed E-state index contributed by atoms with van der Waals surface area (Å²) < 4.78 is 11.8. The molecule has 0 radical (unpaired) electrons. The van der Waals surface area contributed by atoms with Crippen LogP contribution in [-0.4, -0.2) is 30.3 Å². The van der Waals surface area contributed by atoms with Crippen molar-refractivity contribution in [3.8, 4) is 0 Å². The molecule has 18 heavy (non-hydrogen) atoms. The summed E-state index contributed by atoms with van der Waals surface area (Å²) in [5, 5.41) is 13.9. The van der Waals surface area contributed by atoms with E-state index in [9.17, 15) is 14.0 Å². The second-order valence-corrected chi connectivity index (χ2v) is 3.76. The van der Waals surface area contributed by atoms with Gasteiger partial charge in [-0.25, -0.2) is 9.59 Å². The van der Waals surface area contributed by atoms with E-state index in [1.54, 1.807) is 6.92 Å². The topological polar surface area (TPSA) is 78.4 Å². The van der Waals surface area contributed by atoms with Gasteiger partial charge in [-0.15, -0.1) is 0 Å². The van der Waals surface area contributed by atoms with Crippen LogP contribution >= 0.6 is 0 Å². The first-order valence-corrected chi connectivity index (χ1v) is 5.49. The molecule has 1 aromatic carbocycles. The van der Waals surface area contributed by atoms with Gasteiger partial charge in [0.05, 0.1) is 12.2 Å². The van der Waals surface area contributed by atoms with Gasteiger partial charge in [-0.3, -0.25) is 4.39 Å². The van der Waals surface area contributed by atoms with Gasteiger partial charge < -0.3 is 15.7 Å². The summed E-state index contributed by atoms with van der Waals surface area (Å²) in [5.41, 5.74) is 1.34. The molecule has 98 valence electrons. The fourth-order valence-corrected chi connectivity index (χ4v) is 1.37. The Balaban J connectivity index is 2.62. The minimum atomic E-state index is -1.02. The molecule has 3 N–H and O–H groups in total. The van der Waals surface area contributed by atoms with Crippen molar-refractivity contribution in [2.75, 3.05) is 18.5 Å². The van der Waals surface area contributed by atoms with Crippen LogP contribution in [0, 0.1) is 6.92 Å². The molecule has 0 atom stereocenters. The van der Waals surface area contributed by atoms with Crippen LogP contribution in [0.15, 0.2) is 18.2 Å². The van der Waals surface area contributed by atoms with Crippen molar-refractivity contribution in [1.82, 2.24) is 5.32 Å². The molecule has 2 amide bonds. The van der Waals surface area contributed by atoms with Gasteiger partial charge in [-0.2, -0.15) is 0 Å². The predicted octanol–water partition coefficient (Wildman–Crippen LogP) is 2.17. The van der Waals surface area contributed by atoms with Crippen molar-refractivity contribution >= 4 is 17.7 Å². The van der Waals surface area contributed by atoms with Crippen LogP contribution in [0.2, 0.25) is 0 Å². The minimum absolute atomic E-state index is 0.163. The zero-order chi connectivity index (χ0) is 13.5. The zero-order valence-corrected chi connectivity index (χ0v) is 10.00. The lowest BCUT2D eigenvalue weighted by molar-refractivity contribution is 0.0697. The zero-order valence-electron chi connectivity index (χ0n) is 10.00. The lowest BCUT2D eigenvalue weighted by atomic mass is 10.1. The molecule has 6 heteroatoms. The maximum absolute atomic E-state index is 11.8. The normalized spacial score (nSPS) is 9.89. The van der Waals surface area contributed by atoms with E-state index in [0.29, 0.717) is 11.3 Å². The standard InChI is InChI=1S/C12H15FN2O3/c1-8-7-9(11(16)17)3-4-10(8)15-12(18)14-6-2-5-13/h3-4,7H,2,5-6H2,1H3,(H,16,17)(H2,14,15,18). The number of hydrogen-bond donors (Lipinski definition) is 3. The van der Waals surface area contributed by atoms with Crippen molar-refractivity contribution in [2.24, 2.45) is 0 Å². The molecule has 0 saturated carbocycles. The molecule has 0 heterocycles. The Hall–Kier alpha value is -2.11. The van der Waals surface area contributed by atoms with Crippen LogP contribution in [0.25, 0.3) is 0 Å². The van der Waals surface area contributed by atoms with Crippen LogP contribution < -0.4 is 10.6 Å². The molecule has 0 aliphatic carbocycles. The van der Waals surface area contributed by atoms with Gasteiger partial charge in [-0.05, 0) is 37.1 Å². The highest BCUT2D eigenvalue weighted by molar-refractivity contribution is 5.92. The van der Waals surface area contributed by atoms with Gasteiger partial charge >= 0.3 is 12.0 Å². The Morgan fingerprint density at radius 2 is 2.11 bits per heavy atom. The molecule has 1 rings (SSSR count). The first kappa shape index (κ1) is 14.0. The van der Waals surface area contributed by atoms with Gasteiger partial charge in [0.25, 0.3) is 0 Å². The number of rotatable bonds is 5. The number of halogens is 1. The van der Waals surface area contributed by atoms with Crippen molar-refractivity contribution in [2.45, 2.75) is 13.3 Å². The fourth-order valence-electron chi connectivity index (χ4n) is 1.37. The van der Waals surface area contributed by atoms with Crippen LogP contribution in [-0.2, 0) is 0 Å². The second-order valence-electron chi connectivity index (χ2n) is 3.76. The number of carbonyl (C=O) groups is 2. The molecule has 5 nitrogen and oxygen atoms in total. The number of carbonyl (C=O) groups excluding carboxylic acids is 1. The second kappa shape index (κ2) is 6.58. The molecular weight excluding hydrogens is 239 g/mol. The quantitative estimate of drug-likeness (QED) is 0.705. The monoisotopic (exact) mass is 254 g/mol. The highest BCUT2D eigenvalue weighted by Crippen LogP contribution is 2.16. The number of aromatic carboxylic acids is 1. The number of carboxylic acid groups (broad SMARTS) is 1. The average molecular weight is 254 g/mol. The third-order valence-corrected chi connectivity index (χ3v) is 2.32. The number of alkyl halides is 1. The summed E-state index contributed by atoms with van der Waals surface area (Å²) in [4.78, 5) is 22.1. The summed E-state index contributed by atoms with van der Waals surface area (Å²) in [6, 6.07) is 3.97. The summed E-state index contributed by atoms with van der Waals surface area (Å²) in [5.74, 6) is -1.02. The Labute approximate surface area is 104 Å². The van der Waals surface area contributed by atoms with Crippen molar-refractivity contribution in [3.63, 3.8) is 0 Å². The molecule has 0 aromatic heterocycles. The summed E-state index contributed by atoms with van der Waals surface area (Å²) in [6.45, 7) is 1.48. The maximum atomic E-state index is 11.8. The lowest BCUT2D eigenvalue weighted by Gasteiger charge is -2.09. The van der Waals surface area contributed by atoms with Gasteiger partial charge in [-0.1, -0.05) is 0 Å². The number of carboxylic acids is 1. The smallest absolute Gasteiger partial charge is 0.335 e. The highest BCUT2D eigenvalue weighted by Gasteiger charge is 2.07. The Morgan fingerprint density at radius 1 is 1.39 bits per heavy atom. The van der Waals surface area contributed by atoms with E-state index >= 15 is 0 Å². The van der Waals surface area contributed by atoms with E-state index in [1.807, 2.05) is 0 Å². The van der Waals surface area contributed by atoms with E-state index in [4.69, 9.17) is 5.11 Å². The summed E-state index contributed by atoms with van der Waals surface area (Å²) in [6.07, 6.45) is 0.268. The molecule has 1 aromatic rings. The molecular formula is C12H15FN2O3. The van der Waals surface area contributed by atoms with Gasteiger partial charge in [0.15, 0.2) is 0 Å². The van der Waals surface area contributed by atoms with Gasteiger partial charge in [0.2, 0.25) is 0 Å². The molecule has 0 spiro atoms. The number of anilines is 1. The van der Waals surface area contributed by atoms with E-state index in [2.05, 4.69) is 10.6 Å². The minimum Gasteiger partial charge on any atom is -0.478 e. The maximum Gasteiger partial charge on any atom is 0.335 e. The first-order valence-electron chi connectivity index (χ1n) is 5.49. The number of benzene rings is 1. The summed E-state index contributed by atoms with van der Waals surface area (Å²) in [7, 11) is 0. The van der Waals surface area contributed by atoms with Crippen LogP contribution in [0.4, 0.5) is 14.9 Å². The van der Waals surface area contributed by atoms with E-state index < -0.39 is 18.7 Å². The molecule has 0 fully saturated rings. The highest BCUT2D eigenvalue weighted by atomic mass is 19.1. The number of amides is 2. The fraction of sp³-hybridized carbons (Fsp3) is 0.333. The SMILES string of the molecule is Cc1cc(C(=O)O)ccc1NC(=O)NCCCF. The molecule has 0 aliphatic heterocycles. The average Bonchev–Trinajstić information content (AvgIpc) is 2.32. The van der Waals surface area contributed by atoms with Gasteiger partial charge in [0.1, 0.15) is 0 Å². The number of nitrogens with one attached hydrogen (secondary N) is 2. The number of hydrogen-bond acceptors (Lipinski definition) is 2. The van der Waals surface area contributed by atoms with Gasteiger partial charge in [0, 0.05) is 12.2 Å². The lowest BCUT2D eigenvalue weighted by Crippen LogP contribution is -2.30. The number of aryl methyl sites for hydroxylation is 1.